The van der Waals surface area contributed by atoms with E-state index in [1.807, 2.05) is 10.6 Å². The maximum atomic E-state index is 16.1. The fourth-order valence-electron chi connectivity index (χ4n) is 14.5. The van der Waals surface area contributed by atoms with Crippen LogP contribution in [0, 0.1) is 23.7 Å². The highest BCUT2D eigenvalue weighted by atomic mass is 32.2. The molecule has 4 aliphatic rings. The first kappa shape index (κ1) is 119. The number of rotatable bonds is 20. The smallest absolute Gasteiger partial charge is 0.335 e. The van der Waals surface area contributed by atoms with Crippen LogP contribution in [0.2, 0.25) is 0 Å². The average Bonchev–Trinajstić information content (AvgIpc) is 0.998. The van der Waals surface area contributed by atoms with Crippen molar-refractivity contribution in [3.63, 3.8) is 0 Å². The molecule has 29 N–H and O–H groups in total. The molecule has 51 nitrogen and oxygen atoms in total. The van der Waals surface area contributed by atoms with Crippen molar-refractivity contribution in [2.45, 2.75) is 291 Å². The summed E-state index contributed by atoms with van der Waals surface area (Å²) in [4.78, 5) is 337. The molecule has 6 bridgehead atoms. The van der Waals surface area contributed by atoms with Gasteiger partial charge in [-0.25, -0.2) is 9.59 Å². The number of carboxylic acid groups (broad SMARTS) is 3. The monoisotopic (exact) mass is 2050 g/mol. The Kier molecular flexibility index (Phi) is 48.9. The summed E-state index contributed by atoms with van der Waals surface area (Å²) in [5.41, 5.74) is 6.21. The van der Waals surface area contributed by atoms with E-state index in [9.17, 15) is 93.0 Å². The maximum absolute atomic E-state index is 16.1. The zero-order chi connectivity index (χ0) is 106. The number of nitrogens with one attached hydrogen (secondary N) is 21. The molecular weight excluding hydrogens is 1910 g/mol. The number of carboxylic acids is 3. The van der Waals surface area contributed by atoms with Gasteiger partial charge in [0.1, 0.15) is 109 Å². The number of fused-ring (bicyclic) bond motifs is 21. The highest BCUT2D eigenvalue weighted by molar-refractivity contribution is 8.00. The number of carbonyl (C=O) groups is 23. The van der Waals surface area contributed by atoms with Gasteiger partial charge in [-0.05, 0) is 82.2 Å². The minimum Gasteiger partial charge on any atom is -0.481 e. The molecular formula is C87H136N22O29S3. The van der Waals surface area contributed by atoms with Crippen LogP contribution in [0.3, 0.4) is 0 Å². The number of nitrogens with two attached hydrogens (primary N) is 1. The quantitative estimate of drug-likeness (QED) is 0.0539. The summed E-state index contributed by atoms with van der Waals surface area (Å²) in [5, 5.41) is 111. The Morgan fingerprint density at radius 1 is 0.447 bits per heavy atom. The first-order valence-electron chi connectivity index (χ1n) is 46.2. The lowest BCUT2D eigenvalue weighted by Crippen LogP contribution is -2.64. The molecule has 4 fully saturated rings. The molecule has 141 heavy (non-hydrogen) atoms. The Balaban J connectivity index is 2.00. The van der Waals surface area contributed by atoms with Gasteiger partial charge in [-0.2, -0.15) is 35.3 Å². The second kappa shape index (κ2) is 57.7. The second-order valence-electron chi connectivity index (χ2n) is 35.7. The summed E-state index contributed by atoms with van der Waals surface area (Å²) in [7, 11) is 0. The summed E-state index contributed by atoms with van der Waals surface area (Å²) in [6.07, 6.45) is -7.18. The van der Waals surface area contributed by atoms with Crippen LogP contribution in [0.5, 0.6) is 0 Å². The molecule has 0 radical (unpaired) electrons. The molecule has 4 heterocycles. The fraction of sp³-hybridized carbons (Fsp3) is 0.667. The first-order valence-corrected chi connectivity index (χ1v) is 49.4. The first-order chi connectivity index (χ1) is 66.2. The number of hydrogen-bond acceptors (Lipinski definition) is 31. The van der Waals surface area contributed by atoms with Crippen LogP contribution < -0.4 is 117 Å². The van der Waals surface area contributed by atoms with Crippen molar-refractivity contribution in [1.82, 2.24) is 112 Å². The van der Waals surface area contributed by atoms with Gasteiger partial charge < -0.3 is 148 Å². The molecule has 0 unspecified atom stereocenters. The van der Waals surface area contributed by atoms with Gasteiger partial charge in [0.05, 0.1) is 31.8 Å². The lowest BCUT2D eigenvalue weighted by atomic mass is 9.95. The molecule has 0 aliphatic carbocycles. The van der Waals surface area contributed by atoms with E-state index in [0.29, 0.717) is 40.8 Å². The third-order valence-corrected chi connectivity index (χ3v) is 27.6. The van der Waals surface area contributed by atoms with Crippen LogP contribution >= 0.6 is 35.3 Å². The highest BCUT2D eigenvalue weighted by Gasteiger charge is 2.46. The van der Waals surface area contributed by atoms with Gasteiger partial charge in [-0.15, -0.1) is 0 Å². The molecule has 20 amide bonds. The lowest BCUT2D eigenvalue weighted by Gasteiger charge is -2.33. The average molecular weight is 2050 g/mol. The Hall–Kier alpha value is -12.1. The molecule has 786 valence electrons. The summed E-state index contributed by atoms with van der Waals surface area (Å²) in [6, 6.07) is -28.8. The molecule has 0 saturated carbocycles. The van der Waals surface area contributed by atoms with E-state index in [4.69, 9.17) is 5.73 Å². The van der Waals surface area contributed by atoms with Crippen LogP contribution in [0.4, 0.5) is 0 Å². The van der Waals surface area contributed by atoms with E-state index >= 15 is 47.9 Å². The van der Waals surface area contributed by atoms with Gasteiger partial charge in [-0.3, -0.25) is 101 Å². The molecule has 4 saturated heterocycles. The van der Waals surface area contributed by atoms with Gasteiger partial charge in [0.2, 0.25) is 118 Å². The van der Waals surface area contributed by atoms with Gasteiger partial charge >= 0.3 is 17.9 Å². The minimum atomic E-state index is -2.99. The van der Waals surface area contributed by atoms with Crippen LogP contribution in [-0.2, 0) is 117 Å². The van der Waals surface area contributed by atoms with Crippen LogP contribution in [0.25, 0.3) is 0 Å². The molecule has 1 aromatic carbocycles. The number of aliphatic carboxylic acids is 3. The van der Waals surface area contributed by atoms with Crippen molar-refractivity contribution in [2.24, 2.45) is 29.4 Å². The van der Waals surface area contributed by atoms with Gasteiger partial charge in [-0.1, -0.05) is 119 Å². The zero-order valence-corrected chi connectivity index (χ0v) is 83.2. The van der Waals surface area contributed by atoms with Crippen LogP contribution in [-0.4, -0.2) is 359 Å². The number of amides is 20. The molecule has 1 aromatic rings. The van der Waals surface area contributed by atoms with Crippen molar-refractivity contribution in [3.8, 4) is 0 Å². The highest BCUT2D eigenvalue weighted by Crippen LogP contribution is 2.25. The molecule has 26 atom stereocenters. The standard InChI is InChI=1S/C87H136N22O29S3/c1-15-38(7)60-80(129)104-59(37(5)6)79(128)107-65-45(14)140-34-53-75(124)96-50(72(121)95-49(28-46-22-18-17-19-23-46)70(119)90-30-55(112)101-60)29-89-27-21-20-24-48(86(135)136)94-83(132)64-44(13)139-33-52(98-71(120)47(25-26-57(114)115)93-68(117)40(9)88)74(123)92-41(10)69(118)97-51(32-110)73(122)106-63(84(133)100-53)43(12)141-35-54(99-78(127)58(36(3)4)103-81(130)61(39(8)16-2)105-85(65)134)76(125)109-66(67(116)87(137)138)77(126)91-31-56(113)102-62(42(11)111)82(131)108-64/h17-19,22-23,36-45,47-54,58-67,89,110-111,116H,15-16,20-21,24-35,88H2,1-14H3,(H,90,119)(H,91,126)(H,92,123)(H,93,117)(H,94,132)(H,95,121)(H,96,124)(H,97,118)(H,98,120)(H,99,127)(H,100,133)(H,101,112)(H,102,113)(H,103,130)(H,104,129)(H,105,134)(H,106,122)(H,107,128)(H,108,131)(H,109,125)(H,114,115)(H,135,136)(H,137,138)/t38-,39-,40-,41-,42+,43-,44-,45-,47-,48-,49-,50-,51-,52-,53-,54-,58-,59-,60-,61-,62-,63+,64+,65+,66-,67+/m0/s1. The number of aliphatic hydroxyl groups excluding tert-OH is 3. The van der Waals surface area contributed by atoms with E-state index < -0.39 is 365 Å². The maximum Gasteiger partial charge on any atom is 0.335 e. The fourth-order valence-corrected chi connectivity index (χ4v) is 17.8. The van der Waals surface area contributed by atoms with Crippen molar-refractivity contribution < 1.29 is 141 Å². The third kappa shape index (κ3) is 37.4. The summed E-state index contributed by atoms with van der Waals surface area (Å²) in [5.74, 6) is -36.8. The van der Waals surface area contributed by atoms with E-state index in [1.54, 1.807) is 51.1 Å². The number of hydrogen-bond donors (Lipinski definition) is 28. The van der Waals surface area contributed by atoms with Gasteiger partial charge in [0.25, 0.3) is 0 Å². The number of benzene rings is 1. The van der Waals surface area contributed by atoms with Crippen molar-refractivity contribution >= 4 is 171 Å². The van der Waals surface area contributed by atoms with Crippen LogP contribution in [0.15, 0.2) is 30.3 Å². The molecule has 0 spiro atoms. The van der Waals surface area contributed by atoms with Gasteiger partial charge in [0, 0.05) is 52.4 Å². The Bertz CT molecular complexity index is 4640. The number of carbonyl (C=O) groups excluding carboxylic acids is 20. The predicted molar refractivity (Wildman–Crippen MR) is 508 cm³/mol. The second-order valence-corrected chi connectivity index (χ2v) is 39.9. The van der Waals surface area contributed by atoms with E-state index in [1.165, 1.54) is 62.3 Å². The summed E-state index contributed by atoms with van der Waals surface area (Å²) >= 11 is 1.65. The molecule has 0 aromatic heterocycles. The molecule has 54 heteroatoms. The summed E-state index contributed by atoms with van der Waals surface area (Å²) < 4.78 is 0. The Morgan fingerprint density at radius 2 is 0.887 bits per heavy atom. The normalized spacial score (nSPS) is 29.4. The minimum absolute atomic E-state index is 0.0805. The van der Waals surface area contributed by atoms with Crippen molar-refractivity contribution in [1.29, 1.82) is 0 Å². The zero-order valence-electron chi connectivity index (χ0n) is 80.7. The number of thioether (sulfide) groups is 3. The topological polar surface area (TPSA) is 793 Å². The number of aliphatic hydroxyl groups is 3. The van der Waals surface area contributed by atoms with E-state index in [-0.39, 0.29) is 38.6 Å². The predicted octanol–water partition coefficient (Wildman–Crippen LogP) is -10.1. The van der Waals surface area contributed by atoms with E-state index in [2.05, 4.69) is 101 Å². The largest absolute Gasteiger partial charge is 0.481 e. The lowest BCUT2D eigenvalue weighted by molar-refractivity contribution is -0.152. The third-order valence-electron chi connectivity index (χ3n) is 23.7. The van der Waals surface area contributed by atoms with Crippen LogP contribution in [0.1, 0.15) is 147 Å². The SMILES string of the molecule is CC[C@H](C)[C@@H]1NC(=O)CNC(=O)[C@H](Cc2ccccc2)NC(=O)[C@@H]2CNCCCC[C@@H](C(=O)O)NC(=O)[C@@H]3NC(=O)[C@H]([C@@H](C)O)NC(=O)CNC(=O)[C@H]([C@@H](O)C(=O)O)NC(=O)[C@@H]4CS[C@@H](C)[C@@H](NC(=O)[C@H](CO)NC(=O)[C@H](C)NC(=O)[C@@H](NC(=O)[C@H](CCC(=O)O)NC(=O)[C@H](C)N)CS[C@H]3C)C(=O)N[C@@H](CS[C@@H](C)[C@@H](NC(=O)[C@H](C(C)C)NC1=O)C(=O)N[C@@H]([C@@H](C)CC)C(=O)N[C@@H](C(C)C)C(=O)N4)C(=O)N2. The molecule has 4 aliphatic heterocycles. The Morgan fingerprint density at radius 3 is 1.39 bits per heavy atom. The Labute approximate surface area is 826 Å². The van der Waals surface area contributed by atoms with Gasteiger partial charge in [0.15, 0.2) is 6.10 Å². The van der Waals surface area contributed by atoms with E-state index in [0.717, 1.165) is 13.8 Å². The van der Waals surface area contributed by atoms with Crippen molar-refractivity contribution in [3.05, 3.63) is 35.9 Å². The molecule has 5 rings (SSSR count). The van der Waals surface area contributed by atoms with Crippen molar-refractivity contribution in [2.75, 3.05) is 50.0 Å². The summed E-state index contributed by atoms with van der Waals surface area (Å²) in [6.45, 7) is 14.8.